The molecule has 0 radical (unpaired) electrons. The Morgan fingerprint density at radius 2 is 1.81 bits per heavy atom. The van der Waals surface area contributed by atoms with Crippen molar-refractivity contribution in [3.63, 3.8) is 0 Å². The van der Waals surface area contributed by atoms with Crippen molar-refractivity contribution in [2.24, 2.45) is 0 Å². The third-order valence-electron chi connectivity index (χ3n) is 3.84. The van der Waals surface area contributed by atoms with Crippen molar-refractivity contribution in [1.29, 1.82) is 0 Å². The van der Waals surface area contributed by atoms with Crippen LogP contribution in [0.2, 0.25) is 0 Å². The van der Waals surface area contributed by atoms with E-state index in [-0.39, 0.29) is 11.8 Å². The summed E-state index contributed by atoms with van der Waals surface area (Å²) in [5, 5.41) is 2.85. The first-order valence-electron chi connectivity index (χ1n) is 8.08. The normalized spacial score (nSPS) is 10.4. The van der Waals surface area contributed by atoms with Gasteiger partial charge >= 0.3 is 0 Å². The van der Waals surface area contributed by atoms with Gasteiger partial charge in [0, 0.05) is 44.8 Å². The van der Waals surface area contributed by atoms with Crippen LogP contribution in [0.25, 0.3) is 5.82 Å². The Hall–Kier alpha value is -3.48. The first kappa shape index (κ1) is 17.3. The molecule has 2 amide bonds. The molecule has 2 heterocycles. The molecule has 1 N–H and O–H groups in total. The molecule has 3 aromatic rings. The minimum absolute atomic E-state index is 0.0513. The fourth-order valence-electron chi connectivity index (χ4n) is 2.38. The standard InChI is InChI=1S/C19H19N5O2/c1-23(2)19(26)15-5-3-14(4-6-15)11-22-18(25)16-7-8-17(21-12-16)24-10-9-20-13-24/h3-10,12-13H,11H2,1-2H3,(H,22,25). The van der Waals surface area contributed by atoms with Crippen LogP contribution in [0.15, 0.2) is 61.3 Å². The Morgan fingerprint density at radius 3 is 2.38 bits per heavy atom. The van der Waals surface area contributed by atoms with Crippen LogP contribution in [0.4, 0.5) is 0 Å². The fraction of sp³-hybridized carbons (Fsp3) is 0.158. The summed E-state index contributed by atoms with van der Waals surface area (Å²) in [5.74, 6) is 0.438. The van der Waals surface area contributed by atoms with Crippen LogP contribution in [-0.2, 0) is 6.54 Å². The first-order chi connectivity index (χ1) is 12.5. The van der Waals surface area contributed by atoms with Crippen molar-refractivity contribution in [1.82, 2.24) is 24.8 Å². The highest BCUT2D eigenvalue weighted by atomic mass is 16.2. The lowest BCUT2D eigenvalue weighted by molar-refractivity contribution is 0.0827. The fourth-order valence-corrected chi connectivity index (χ4v) is 2.38. The van der Waals surface area contributed by atoms with Crippen molar-refractivity contribution in [2.75, 3.05) is 14.1 Å². The van der Waals surface area contributed by atoms with Crippen molar-refractivity contribution < 1.29 is 9.59 Å². The number of carbonyl (C=O) groups excluding carboxylic acids is 2. The van der Waals surface area contributed by atoms with Gasteiger partial charge in [0.2, 0.25) is 0 Å². The number of aromatic nitrogens is 3. The SMILES string of the molecule is CN(C)C(=O)c1ccc(CNC(=O)c2ccc(-n3ccnc3)nc2)cc1. The zero-order valence-electron chi connectivity index (χ0n) is 14.6. The van der Waals surface area contributed by atoms with Gasteiger partial charge in [-0.05, 0) is 29.8 Å². The molecule has 0 aliphatic rings. The zero-order valence-corrected chi connectivity index (χ0v) is 14.6. The lowest BCUT2D eigenvalue weighted by Gasteiger charge is -2.11. The van der Waals surface area contributed by atoms with Gasteiger partial charge in [-0.3, -0.25) is 14.2 Å². The quantitative estimate of drug-likeness (QED) is 0.763. The number of pyridine rings is 1. The highest BCUT2D eigenvalue weighted by molar-refractivity contribution is 5.94. The maximum atomic E-state index is 12.2. The van der Waals surface area contributed by atoms with Gasteiger partial charge in [-0.25, -0.2) is 9.97 Å². The maximum Gasteiger partial charge on any atom is 0.253 e. The highest BCUT2D eigenvalue weighted by Crippen LogP contribution is 2.08. The Kier molecular flexibility index (Phi) is 5.07. The molecule has 0 unspecified atom stereocenters. The summed E-state index contributed by atoms with van der Waals surface area (Å²) in [4.78, 5) is 33.9. The smallest absolute Gasteiger partial charge is 0.253 e. The molecular weight excluding hydrogens is 330 g/mol. The second-order valence-electron chi connectivity index (χ2n) is 5.95. The van der Waals surface area contributed by atoms with Crippen LogP contribution < -0.4 is 5.32 Å². The summed E-state index contributed by atoms with van der Waals surface area (Å²) >= 11 is 0. The molecule has 0 aliphatic carbocycles. The average molecular weight is 349 g/mol. The molecule has 0 bridgehead atoms. The molecule has 7 heteroatoms. The van der Waals surface area contributed by atoms with Crippen LogP contribution in [0.5, 0.6) is 0 Å². The van der Waals surface area contributed by atoms with Gasteiger partial charge in [0.15, 0.2) is 0 Å². The van der Waals surface area contributed by atoms with E-state index in [1.807, 2.05) is 12.1 Å². The second kappa shape index (κ2) is 7.60. The molecule has 0 saturated heterocycles. The number of rotatable bonds is 5. The van der Waals surface area contributed by atoms with Gasteiger partial charge in [0.05, 0.1) is 5.56 Å². The number of hydrogen-bond donors (Lipinski definition) is 1. The summed E-state index contributed by atoms with van der Waals surface area (Å²) in [6, 6.07) is 10.7. The molecule has 7 nitrogen and oxygen atoms in total. The molecule has 0 saturated carbocycles. The molecule has 132 valence electrons. The molecule has 0 fully saturated rings. The molecule has 3 rings (SSSR count). The average Bonchev–Trinajstić information content (AvgIpc) is 3.21. The van der Waals surface area contributed by atoms with Crippen molar-refractivity contribution in [2.45, 2.75) is 6.54 Å². The topological polar surface area (TPSA) is 80.1 Å². The Bertz CT molecular complexity index is 885. The van der Waals surface area contributed by atoms with E-state index >= 15 is 0 Å². The van der Waals surface area contributed by atoms with Crippen LogP contribution in [0, 0.1) is 0 Å². The van der Waals surface area contributed by atoms with Gasteiger partial charge in [-0.1, -0.05) is 12.1 Å². The number of hydrogen-bond acceptors (Lipinski definition) is 4. The predicted molar refractivity (Wildman–Crippen MR) is 97.0 cm³/mol. The maximum absolute atomic E-state index is 12.2. The number of imidazole rings is 1. The van der Waals surface area contributed by atoms with Gasteiger partial charge in [0.1, 0.15) is 12.1 Å². The number of benzene rings is 1. The Morgan fingerprint density at radius 1 is 1.08 bits per heavy atom. The van der Waals surface area contributed by atoms with Crippen molar-refractivity contribution in [3.05, 3.63) is 78.0 Å². The second-order valence-corrected chi connectivity index (χ2v) is 5.95. The number of carbonyl (C=O) groups is 2. The Balaban J connectivity index is 1.59. The molecule has 0 aliphatic heterocycles. The van der Waals surface area contributed by atoms with E-state index in [1.165, 1.54) is 11.1 Å². The summed E-state index contributed by atoms with van der Waals surface area (Å²) in [5.41, 5.74) is 2.01. The Labute approximate surface area is 151 Å². The van der Waals surface area contributed by atoms with E-state index in [0.29, 0.717) is 23.5 Å². The van der Waals surface area contributed by atoms with Crippen LogP contribution in [-0.4, -0.2) is 45.3 Å². The summed E-state index contributed by atoms with van der Waals surface area (Å²) in [6.07, 6.45) is 6.63. The molecule has 1 aromatic carbocycles. The lowest BCUT2D eigenvalue weighted by Crippen LogP contribution is -2.23. The zero-order chi connectivity index (χ0) is 18.5. The van der Waals surface area contributed by atoms with Gasteiger partial charge in [0.25, 0.3) is 11.8 Å². The van der Waals surface area contributed by atoms with Crippen LogP contribution in [0.3, 0.4) is 0 Å². The molecular formula is C19H19N5O2. The van der Waals surface area contributed by atoms with E-state index in [0.717, 1.165) is 5.56 Å². The molecule has 26 heavy (non-hydrogen) atoms. The minimum Gasteiger partial charge on any atom is -0.348 e. The third-order valence-corrected chi connectivity index (χ3v) is 3.84. The number of nitrogens with zero attached hydrogens (tertiary/aromatic N) is 4. The van der Waals surface area contributed by atoms with E-state index in [1.54, 1.807) is 61.6 Å². The van der Waals surface area contributed by atoms with Crippen LogP contribution >= 0.6 is 0 Å². The third kappa shape index (κ3) is 3.94. The molecule has 0 atom stereocenters. The molecule has 0 spiro atoms. The highest BCUT2D eigenvalue weighted by Gasteiger charge is 2.09. The monoisotopic (exact) mass is 349 g/mol. The van der Waals surface area contributed by atoms with Crippen LogP contribution in [0.1, 0.15) is 26.3 Å². The summed E-state index contributed by atoms with van der Waals surface area (Å²) < 4.78 is 1.76. The summed E-state index contributed by atoms with van der Waals surface area (Å²) in [7, 11) is 3.42. The largest absolute Gasteiger partial charge is 0.348 e. The van der Waals surface area contributed by atoms with Crippen molar-refractivity contribution in [3.8, 4) is 5.82 Å². The predicted octanol–water partition coefficient (Wildman–Crippen LogP) is 1.90. The van der Waals surface area contributed by atoms with E-state index < -0.39 is 0 Å². The minimum atomic E-state index is -0.205. The number of nitrogens with one attached hydrogen (secondary N) is 1. The van der Waals surface area contributed by atoms with E-state index in [2.05, 4.69) is 15.3 Å². The summed E-state index contributed by atoms with van der Waals surface area (Å²) in [6.45, 7) is 0.374. The van der Waals surface area contributed by atoms with E-state index in [9.17, 15) is 9.59 Å². The van der Waals surface area contributed by atoms with E-state index in [4.69, 9.17) is 0 Å². The number of amides is 2. The van der Waals surface area contributed by atoms with Gasteiger partial charge in [-0.15, -0.1) is 0 Å². The lowest BCUT2D eigenvalue weighted by atomic mass is 10.1. The van der Waals surface area contributed by atoms with Gasteiger partial charge in [-0.2, -0.15) is 0 Å². The first-order valence-corrected chi connectivity index (χ1v) is 8.08. The van der Waals surface area contributed by atoms with Crippen molar-refractivity contribution >= 4 is 11.8 Å². The molecule has 2 aromatic heterocycles. The van der Waals surface area contributed by atoms with Gasteiger partial charge < -0.3 is 10.2 Å².